The zero-order chi connectivity index (χ0) is 23.1. The van der Waals surface area contributed by atoms with Crippen LogP contribution >= 0.6 is 11.6 Å². The summed E-state index contributed by atoms with van der Waals surface area (Å²) in [4.78, 5) is 27.5. The minimum atomic E-state index is -4.69. The van der Waals surface area contributed by atoms with Gasteiger partial charge in [-0.1, -0.05) is 38.4 Å². The summed E-state index contributed by atoms with van der Waals surface area (Å²) in [5.41, 5.74) is -1.73. The van der Waals surface area contributed by atoms with Crippen molar-refractivity contribution in [3.63, 3.8) is 0 Å². The Hall–Kier alpha value is -3.14. The van der Waals surface area contributed by atoms with Crippen molar-refractivity contribution < 1.29 is 27.9 Å². The summed E-state index contributed by atoms with van der Waals surface area (Å²) < 4.78 is 39.8. The Bertz CT molecular complexity index is 1170. The molecule has 0 radical (unpaired) electrons. The number of nitrogens with zero attached hydrogens (tertiary/aromatic N) is 3. The first-order valence-electron chi connectivity index (χ1n) is 9.04. The molecular formula is C20H18ClF3N4O3. The number of alkyl halides is 3. The Labute approximate surface area is 179 Å². The highest BCUT2D eigenvalue weighted by atomic mass is 35.5. The van der Waals surface area contributed by atoms with Crippen molar-refractivity contribution in [2.24, 2.45) is 5.41 Å². The zero-order valence-corrected chi connectivity index (χ0v) is 17.4. The fourth-order valence-electron chi connectivity index (χ4n) is 3.08. The summed E-state index contributed by atoms with van der Waals surface area (Å²) in [5, 5.41) is 16.9. The van der Waals surface area contributed by atoms with Crippen molar-refractivity contribution in [3.05, 3.63) is 52.9 Å². The van der Waals surface area contributed by atoms with Crippen molar-refractivity contribution >= 4 is 40.1 Å². The van der Waals surface area contributed by atoms with Gasteiger partial charge in [-0.15, -0.1) is 0 Å². The number of amides is 1. The molecule has 2 heterocycles. The Balaban J connectivity index is 1.94. The first kappa shape index (κ1) is 22.5. The van der Waals surface area contributed by atoms with E-state index >= 15 is 0 Å². The van der Waals surface area contributed by atoms with Crippen LogP contribution in [0.4, 0.5) is 18.9 Å². The number of rotatable bonds is 4. The van der Waals surface area contributed by atoms with E-state index in [0.29, 0.717) is 10.9 Å². The molecule has 2 aromatic heterocycles. The number of aliphatic carboxylic acids is 1. The lowest BCUT2D eigenvalue weighted by atomic mass is 9.87. The van der Waals surface area contributed by atoms with E-state index in [1.165, 1.54) is 23.0 Å². The number of carboxylic acid groups (broad SMARTS) is 1. The van der Waals surface area contributed by atoms with Crippen molar-refractivity contribution in [1.29, 1.82) is 0 Å². The first-order valence-corrected chi connectivity index (χ1v) is 9.42. The first-order chi connectivity index (χ1) is 14.3. The molecule has 7 nitrogen and oxygen atoms in total. The van der Waals surface area contributed by atoms with E-state index in [1.807, 2.05) is 0 Å². The third-order valence-electron chi connectivity index (χ3n) is 4.45. The molecule has 0 aliphatic carbocycles. The van der Waals surface area contributed by atoms with E-state index in [1.54, 1.807) is 20.8 Å². The summed E-state index contributed by atoms with van der Waals surface area (Å²) >= 11 is 6.20. The minimum Gasteiger partial charge on any atom is -0.480 e. The summed E-state index contributed by atoms with van der Waals surface area (Å²) in [6, 6.07) is 4.94. The third-order valence-corrected chi connectivity index (χ3v) is 4.76. The molecule has 0 aliphatic rings. The van der Waals surface area contributed by atoms with Gasteiger partial charge >= 0.3 is 12.1 Å². The van der Waals surface area contributed by atoms with Gasteiger partial charge in [-0.05, 0) is 29.7 Å². The number of nitrogens with one attached hydrogen (secondary N) is 1. The molecule has 3 aromatic rings. The second kappa shape index (κ2) is 7.84. The maximum Gasteiger partial charge on any atom is 0.433 e. The predicted molar refractivity (Wildman–Crippen MR) is 108 cm³/mol. The maximum absolute atomic E-state index is 12.8. The number of pyridine rings is 1. The molecule has 0 saturated heterocycles. The minimum absolute atomic E-state index is 0.0840. The van der Waals surface area contributed by atoms with Crippen LogP contribution in [0.1, 0.15) is 43.0 Å². The highest BCUT2D eigenvalue weighted by Gasteiger charge is 2.34. The fraction of sp³-hybridized carbons (Fsp3) is 0.300. The molecule has 164 valence electrons. The van der Waals surface area contributed by atoms with Gasteiger partial charge in [-0.25, -0.2) is 9.78 Å². The van der Waals surface area contributed by atoms with E-state index < -0.39 is 40.9 Å². The molecule has 0 saturated carbocycles. The molecule has 1 amide bonds. The van der Waals surface area contributed by atoms with Crippen LogP contribution < -0.4 is 5.32 Å². The molecule has 31 heavy (non-hydrogen) atoms. The Morgan fingerprint density at radius 1 is 1.19 bits per heavy atom. The summed E-state index contributed by atoms with van der Waals surface area (Å²) in [6.45, 7) is 5.29. The Morgan fingerprint density at radius 3 is 2.45 bits per heavy atom. The van der Waals surface area contributed by atoms with Crippen LogP contribution in [0.25, 0.3) is 10.9 Å². The molecule has 11 heteroatoms. The average Bonchev–Trinajstić information content (AvgIpc) is 3.01. The average molecular weight is 455 g/mol. The molecule has 0 bridgehead atoms. The van der Waals surface area contributed by atoms with Gasteiger partial charge in [0, 0.05) is 11.6 Å². The van der Waals surface area contributed by atoms with Gasteiger partial charge in [0.2, 0.25) is 0 Å². The van der Waals surface area contributed by atoms with Gasteiger partial charge in [0.1, 0.15) is 11.4 Å². The number of aromatic nitrogens is 3. The maximum atomic E-state index is 12.8. The number of benzene rings is 1. The molecule has 0 fully saturated rings. The molecule has 0 aliphatic heterocycles. The zero-order valence-electron chi connectivity index (χ0n) is 16.7. The van der Waals surface area contributed by atoms with Crippen LogP contribution in [-0.4, -0.2) is 31.7 Å². The monoisotopic (exact) mass is 454 g/mol. The van der Waals surface area contributed by atoms with Crippen LogP contribution in [0.3, 0.4) is 0 Å². The van der Waals surface area contributed by atoms with E-state index in [2.05, 4.69) is 15.4 Å². The van der Waals surface area contributed by atoms with Gasteiger partial charge in [-0.3, -0.25) is 9.48 Å². The van der Waals surface area contributed by atoms with Crippen molar-refractivity contribution in [2.45, 2.75) is 33.0 Å². The largest absolute Gasteiger partial charge is 0.480 e. The lowest BCUT2D eigenvalue weighted by Gasteiger charge is -2.26. The SMILES string of the molecule is CC(C)(C)C(C(=O)O)n1cc2cc(NC(=O)c3cccc(C(F)(F)F)n3)c(Cl)cc2n1. The number of fused-ring (bicyclic) bond motifs is 1. The van der Waals surface area contributed by atoms with Crippen LogP contribution in [-0.2, 0) is 11.0 Å². The molecule has 0 spiro atoms. The quantitative estimate of drug-likeness (QED) is 0.576. The number of halogens is 4. The predicted octanol–water partition coefficient (Wildman–Crippen LogP) is 5.03. The second-order valence-electron chi connectivity index (χ2n) is 7.97. The summed E-state index contributed by atoms with van der Waals surface area (Å²) in [5.74, 6) is -1.94. The topological polar surface area (TPSA) is 97.1 Å². The number of carboxylic acids is 1. The normalized spacial score (nSPS) is 13.3. The van der Waals surface area contributed by atoms with Crippen LogP contribution in [0, 0.1) is 5.41 Å². The molecular weight excluding hydrogens is 437 g/mol. The number of hydrogen-bond donors (Lipinski definition) is 2. The molecule has 1 aromatic carbocycles. The number of hydrogen-bond acceptors (Lipinski definition) is 4. The van der Waals surface area contributed by atoms with Crippen LogP contribution in [0.2, 0.25) is 5.02 Å². The van der Waals surface area contributed by atoms with Crippen molar-refractivity contribution in [2.75, 3.05) is 5.32 Å². The number of carbonyl (C=O) groups excluding carboxylic acids is 1. The van der Waals surface area contributed by atoms with Gasteiger partial charge in [0.05, 0.1) is 16.2 Å². The highest BCUT2D eigenvalue weighted by molar-refractivity contribution is 6.34. The molecule has 1 atom stereocenters. The van der Waals surface area contributed by atoms with Gasteiger partial charge < -0.3 is 10.4 Å². The van der Waals surface area contributed by atoms with Crippen molar-refractivity contribution in [1.82, 2.24) is 14.8 Å². The third kappa shape index (κ3) is 4.79. The van der Waals surface area contributed by atoms with E-state index in [-0.39, 0.29) is 10.7 Å². The number of anilines is 1. The van der Waals surface area contributed by atoms with Gasteiger partial charge in [0.15, 0.2) is 6.04 Å². The standard InChI is InChI=1S/C20H18ClF3N4O3/c1-19(2,3)16(18(30)31)28-9-10-7-14(11(21)8-13(10)27-28)26-17(29)12-5-4-6-15(25-12)20(22,23)24/h4-9,16H,1-3H3,(H,26,29)(H,30,31). The molecule has 2 N–H and O–H groups in total. The van der Waals surface area contributed by atoms with Gasteiger partial charge in [0.25, 0.3) is 5.91 Å². The highest BCUT2D eigenvalue weighted by Crippen LogP contribution is 2.34. The van der Waals surface area contributed by atoms with E-state index in [4.69, 9.17) is 11.6 Å². The van der Waals surface area contributed by atoms with E-state index in [9.17, 15) is 27.9 Å². The van der Waals surface area contributed by atoms with Crippen LogP contribution in [0.5, 0.6) is 0 Å². The smallest absolute Gasteiger partial charge is 0.433 e. The summed E-state index contributed by atoms with van der Waals surface area (Å²) in [7, 11) is 0. The lowest BCUT2D eigenvalue weighted by Crippen LogP contribution is -2.31. The Kier molecular flexibility index (Phi) is 5.70. The van der Waals surface area contributed by atoms with E-state index in [0.717, 1.165) is 18.2 Å². The number of carbonyl (C=O) groups is 2. The summed E-state index contributed by atoms with van der Waals surface area (Å²) in [6.07, 6.45) is -3.18. The second-order valence-corrected chi connectivity index (χ2v) is 8.37. The Morgan fingerprint density at radius 2 is 1.87 bits per heavy atom. The van der Waals surface area contributed by atoms with Crippen LogP contribution in [0.15, 0.2) is 36.5 Å². The molecule has 3 rings (SSSR count). The van der Waals surface area contributed by atoms with Crippen molar-refractivity contribution in [3.8, 4) is 0 Å². The fourth-order valence-corrected chi connectivity index (χ4v) is 3.28. The lowest BCUT2D eigenvalue weighted by molar-refractivity contribution is -0.144. The van der Waals surface area contributed by atoms with Gasteiger partial charge in [-0.2, -0.15) is 18.3 Å². The molecule has 1 unspecified atom stereocenters.